The second kappa shape index (κ2) is 20.9. The summed E-state index contributed by atoms with van der Waals surface area (Å²) in [5.41, 5.74) is 5.38. The first-order chi connectivity index (χ1) is 26.1. The van der Waals surface area contributed by atoms with Crippen LogP contribution in [0.1, 0.15) is 0 Å². The van der Waals surface area contributed by atoms with Crippen molar-refractivity contribution in [3.63, 3.8) is 0 Å². The van der Waals surface area contributed by atoms with Crippen molar-refractivity contribution in [3.8, 4) is 0 Å². The molecule has 0 saturated carbocycles. The van der Waals surface area contributed by atoms with E-state index in [1.165, 1.54) is 14.2 Å². The first kappa shape index (κ1) is 46.8. The van der Waals surface area contributed by atoms with E-state index < -0.39 is 177 Å². The zero-order chi connectivity index (χ0) is 40.8. The van der Waals surface area contributed by atoms with Gasteiger partial charge in [0.2, 0.25) is 0 Å². The van der Waals surface area contributed by atoms with Crippen molar-refractivity contribution in [2.75, 3.05) is 65.3 Å². The SMILES string of the molecule is CO[C@@H]1OC(CO)[C@@H](O[C@@H]2OC(CO)[C@@H](O[C@@H]3OC(CO)[C@@H](O[C@@H]4OC(CO)[C@@H](OC)[C@H](O)C4O)[C@H](O)C3OCCS(=O)(=O)CCN)[C@H](O)C2O)[C@H](O)C1O. The molecule has 4 heterocycles. The Labute approximate surface area is 315 Å². The molecule has 4 aliphatic heterocycles. The summed E-state index contributed by atoms with van der Waals surface area (Å²) < 4.78 is 80.4. The molecule has 0 aliphatic carbocycles. The van der Waals surface area contributed by atoms with E-state index in [4.69, 9.17) is 53.1 Å². The maximum Gasteiger partial charge on any atom is 0.187 e. The number of methoxy groups -OCH3 is 2. The van der Waals surface area contributed by atoms with Crippen LogP contribution in [-0.4, -0.2) is 253 Å². The lowest BCUT2D eigenvalue weighted by molar-refractivity contribution is -0.390. The molecule has 0 bridgehead atoms. The summed E-state index contributed by atoms with van der Waals surface area (Å²) in [7, 11) is -1.36. The van der Waals surface area contributed by atoms with Crippen LogP contribution < -0.4 is 5.73 Å². The molecule has 4 aliphatic rings. The van der Waals surface area contributed by atoms with Crippen LogP contribution in [0.4, 0.5) is 0 Å². The van der Waals surface area contributed by atoms with E-state index >= 15 is 0 Å². The quantitative estimate of drug-likeness (QED) is 0.0610. The molecule has 20 atom stereocenters. The lowest BCUT2D eigenvalue weighted by Crippen LogP contribution is -2.68. The van der Waals surface area contributed by atoms with E-state index in [1.807, 2.05) is 0 Å². The smallest absolute Gasteiger partial charge is 0.187 e. The molecule has 0 radical (unpaired) electrons. The molecule has 8 unspecified atom stereocenters. The highest BCUT2D eigenvalue weighted by molar-refractivity contribution is 7.91. The Morgan fingerprint density at radius 3 is 1.31 bits per heavy atom. The third-order valence-corrected chi connectivity index (χ3v) is 11.4. The largest absolute Gasteiger partial charge is 0.394 e. The fourth-order valence-electron chi connectivity index (χ4n) is 6.76. The predicted molar refractivity (Wildman–Crippen MR) is 175 cm³/mol. The van der Waals surface area contributed by atoms with Gasteiger partial charge in [-0.1, -0.05) is 0 Å². The Morgan fingerprint density at radius 2 is 0.873 bits per heavy atom. The molecule has 4 rings (SSSR count). The molecule has 25 heteroatoms. The van der Waals surface area contributed by atoms with Gasteiger partial charge in [-0.25, -0.2) is 8.42 Å². The fraction of sp³-hybridized carbons (Fsp3) is 1.00. The van der Waals surface area contributed by atoms with Gasteiger partial charge in [-0.3, -0.25) is 0 Å². The van der Waals surface area contributed by atoms with E-state index in [0.29, 0.717) is 0 Å². The Hall–Kier alpha value is -0.930. The van der Waals surface area contributed by atoms with Crippen LogP contribution in [0.2, 0.25) is 0 Å². The number of hydrogen-bond acceptors (Lipinski definition) is 24. The van der Waals surface area contributed by atoms with Gasteiger partial charge in [-0.05, 0) is 0 Å². The molecule has 4 fully saturated rings. The second-order valence-electron chi connectivity index (χ2n) is 13.4. The van der Waals surface area contributed by atoms with Crippen LogP contribution in [0.5, 0.6) is 0 Å². The number of ether oxygens (including phenoxy) is 10. The Morgan fingerprint density at radius 1 is 0.491 bits per heavy atom. The average molecular weight is 830 g/mol. The molecular formula is C30H55NO23S. The molecule has 0 aromatic carbocycles. The topological polar surface area (TPSA) is 375 Å². The molecule has 324 valence electrons. The monoisotopic (exact) mass is 829 g/mol. The van der Waals surface area contributed by atoms with Gasteiger partial charge in [0.25, 0.3) is 0 Å². The van der Waals surface area contributed by atoms with Gasteiger partial charge in [0.1, 0.15) is 97.7 Å². The number of rotatable bonds is 18. The Balaban J connectivity index is 1.56. The van der Waals surface area contributed by atoms with Crippen molar-refractivity contribution < 1.29 is 112 Å². The van der Waals surface area contributed by atoms with Crippen LogP contribution in [-0.2, 0) is 57.2 Å². The third kappa shape index (κ3) is 10.6. The van der Waals surface area contributed by atoms with Crippen LogP contribution in [0, 0.1) is 0 Å². The molecule has 0 spiro atoms. The summed E-state index contributed by atoms with van der Waals surface area (Å²) in [6.45, 7) is -4.04. The lowest BCUT2D eigenvalue weighted by Gasteiger charge is -2.49. The highest BCUT2D eigenvalue weighted by atomic mass is 32.2. The molecule has 0 amide bonds. The second-order valence-corrected chi connectivity index (χ2v) is 15.7. The Kier molecular flexibility index (Phi) is 17.7. The molecule has 24 nitrogen and oxygen atoms in total. The number of aliphatic hydroxyl groups is 11. The van der Waals surface area contributed by atoms with Crippen LogP contribution in [0.3, 0.4) is 0 Å². The van der Waals surface area contributed by atoms with E-state index in [-0.39, 0.29) is 6.54 Å². The lowest BCUT2D eigenvalue weighted by atomic mass is 9.95. The van der Waals surface area contributed by atoms with E-state index in [2.05, 4.69) is 0 Å². The Bertz CT molecular complexity index is 1250. The minimum Gasteiger partial charge on any atom is -0.394 e. The molecule has 55 heavy (non-hydrogen) atoms. The zero-order valence-corrected chi connectivity index (χ0v) is 30.8. The summed E-state index contributed by atoms with van der Waals surface area (Å²) in [4.78, 5) is 0. The summed E-state index contributed by atoms with van der Waals surface area (Å²) in [5.74, 6) is -0.994. The van der Waals surface area contributed by atoms with Crippen molar-refractivity contribution in [1.82, 2.24) is 0 Å². The highest BCUT2D eigenvalue weighted by Crippen LogP contribution is 2.35. The number of nitrogens with two attached hydrogens (primary N) is 1. The summed E-state index contributed by atoms with van der Waals surface area (Å²) in [6, 6.07) is 0. The summed E-state index contributed by atoms with van der Waals surface area (Å²) >= 11 is 0. The first-order valence-corrected chi connectivity index (χ1v) is 19.3. The van der Waals surface area contributed by atoms with Gasteiger partial charge < -0.3 is 109 Å². The fourth-order valence-corrected chi connectivity index (χ4v) is 7.67. The molecule has 13 N–H and O–H groups in total. The van der Waals surface area contributed by atoms with Gasteiger partial charge >= 0.3 is 0 Å². The van der Waals surface area contributed by atoms with Gasteiger partial charge in [0, 0.05) is 20.8 Å². The summed E-state index contributed by atoms with van der Waals surface area (Å²) in [5, 5.41) is 116. The molecule has 0 aromatic rings. The van der Waals surface area contributed by atoms with Crippen LogP contribution in [0.15, 0.2) is 0 Å². The maximum absolute atomic E-state index is 12.4. The molecular weight excluding hydrogens is 774 g/mol. The number of sulfone groups is 1. The minimum absolute atomic E-state index is 0.192. The van der Waals surface area contributed by atoms with E-state index in [1.54, 1.807) is 0 Å². The molecule has 0 aromatic heterocycles. The van der Waals surface area contributed by atoms with Crippen molar-refractivity contribution in [1.29, 1.82) is 0 Å². The third-order valence-electron chi connectivity index (χ3n) is 9.77. The normalized spacial score (nSPS) is 45.8. The summed E-state index contributed by atoms with van der Waals surface area (Å²) in [6.07, 6.45) is -33.1. The van der Waals surface area contributed by atoms with Gasteiger partial charge in [0.05, 0.1) is 44.5 Å². The standard InChI is InChI=1S/C30H55NO23S/c1-45-22-11(7-32)49-28(19(40)15(22)36)53-25-14(10-35)51-30(26(21(25)42)47-4-6-55(43,44)5-3-31)54-24-13(9-34)50-29(20(41)17(24)38)52-23-12(8-33)48-27(46-2)18(39)16(23)37/h11-30,32-42H,3-10,31H2,1-2H3/t11?,12?,13?,14?,15-,16-,17-,18?,19?,20?,21+,22-,23-,24-,25-,26?,27-,28+,29+,30+/m1/s1. The van der Waals surface area contributed by atoms with Crippen molar-refractivity contribution >= 4 is 9.84 Å². The van der Waals surface area contributed by atoms with Crippen molar-refractivity contribution in [2.24, 2.45) is 5.73 Å². The van der Waals surface area contributed by atoms with Crippen LogP contribution in [0.25, 0.3) is 0 Å². The highest BCUT2D eigenvalue weighted by Gasteiger charge is 2.56. The predicted octanol–water partition coefficient (Wildman–Crippen LogP) is -9.04. The van der Waals surface area contributed by atoms with Crippen molar-refractivity contribution in [3.05, 3.63) is 0 Å². The van der Waals surface area contributed by atoms with Gasteiger partial charge in [-0.15, -0.1) is 0 Å². The zero-order valence-electron chi connectivity index (χ0n) is 30.0. The minimum atomic E-state index is -3.75. The van der Waals surface area contributed by atoms with Gasteiger partial charge in [-0.2, -0.15) is 0 Å². The van der Waals surface area contributed by atoms with Gasteiger partial charge in [0.15, 0.2) is 35.0 Å². The first-order valence-electron chi connectivity index (χ1n) is 17.5. The number of aliphatic hydroxyl groups excluding tert-OH is 11. The maximum atomic E-state index is 12.4. The van der Waals surface area contributed by atoms with Crippen molar-refractivity contribution in [2.45, 2.75) is 123 Å². The average Bonchev–Trinajstić information content (AvgIpc) is 3.16. The van der Waals surface area contributed by atoms with E-state index in [9.17, 15) is 64.6 Å². The molecule has 4 saturated heterocycles. The number of hydrogen-bond donors (Lipinski definition) is 12. The van der Waals surface area contributed by atoms with Crippen LogP contribution >= 0.6 is 0 Å². The van der Waals surface area contributed by atoms with E-state index in [0.717, 1.165) is 0 Å².